The molecule has 0 spiro atoms. The number of benzene rings is 2. The van der Waals surface area contributed by atoms with Crippen LogP contribution < -0.4 is 0 Å². The normalized spacial score (nSPS) is 27.3. The summed E-state index contributed by atoms with van der Waals surface area (Å²) in [6.07, 6.45) is -9.53. The molecule has 0 unspecified atom stereocenters. The van der Waals surface area contributed by atoms with Gasteiger partial charge in [-0.15, -0.1) is 0 Å². The van der Waals surface area contributed by atoms with Crippen LogP contribution >= 0.6 is 0 Å². The summed E-state index contributed by atoms with van der Waals surface area (Å²) >= 11 is 0. The molecule has 2 aliphatic heterocycles. The molecular formula is C31H34O14. The maximum absolute atomic E-state index is 13.1. The van der Waals surface area contributed by atoms with E-state index in [2.05, 4.69) is 0 Å². The Morgan fingerprint density at radius 3 is 1.53 bits per heavy atom. The van der Waals surface area contributed by atoms with Crippen LogP contribution in [0.4, 0.5) is 0 Å². The third-order valence-corrected chi connectivity index (χ3v) is 6.75. The van der Waals surface area contributed by atoms with Crippen molar-refractivity contribution >= 4 is 29.8 Å². The maximum Gasteiger partial charge on any atom is 0.338 e. The van der Waals surface area contributed by atoms with Gasteiger partial charge in [0.15, 0.2) is 37.0 Å². The molecule has 0 radical (unpaired) electrons. The van der Waals surface area contributed by atoms with Gasteiger partial charge in [-0.3, -0.25) is 14.4 Å². The Hall–Kier alpha value is -4.37. The summed E-state index contributed by atoms with van der Waals surface area (Å²) in [6.45, 7) is 2.80. The van der Waals surface area contributed by atoms with Crippen molar-refractivity contribution in [3.63, 3.8) is 0 Å². The Morgan fingerprint density at radius 1 is 0.578 bits per heavy atom. The monoisotopic (exact) mass is 630 g/mol. The first-order valence-electron chi connectivity index (χ1n) is 14.0. The van der Waals surface area contributed by atoms with Crippen LogP contribution in [0.1, 0.15) is 41.5 Å². The minimum Gasteiger partial charge on any atom is -0.463 e. The van der Waals surface area contributed by atoms with E-state index in [0.717, 1.165) is 13.8 Å². The largest absolute Gasteiger partial charge is 0.463 e. The van der Waals surface area contributed by atoms with Gasteiger partial charge >= 0.3 is 29.8 Å². The zero-order valence-electron chi connectivity index (χ0n) is 25.0. The van der Waals surface area contributed by atoms with Gasteiger partial charge in [0.1, 0.15) is 18.8 Å². The topological polar surface area (TPSA) is 168 Å². The van der Waals surface area contributed by atoms with Crippen LogP contribution in [0.25, 0.3) is 0 Å². The van der Waals surface area contributed by atoms with Crippen LogP contribution in [0.15, 0.2) is 60.7 Å². The number of esters is 5. The van der Waals surface area contributed by atoms with Crippen LogP contribution in [-0.2, 0) is 57.0 Å². The predicted molar refractivity (Wildman–Crippen MR) is 149 cm³/mol. The van der Waals surface area contributed by atoms with Gasteiger partial charge in [-0.25, -0.2) is 9.59 Å². The van der Waals surface area contributed by atoms with Crippen LogP contribution in [0.2, 0.25) is 0 Å². The highest BCUT2D eigenvalue weighted by Crippen LogP contribution is 2.32. The summed E-state index contributed by atoms with van der Waals surface area (Å²) < 4.78 is 50.5. The van der Waals surface area contributed by atoms with E-state index in [-0.39, 0.29) is 24.3 Å². The number of hydrogen-bond acceptors (Lipinski definition) is 14. The third kappa shape index (κ3) is 8.85. The molecule has 0 bridgehead atoms. The fraction of sp³-hybridized carbons (Fsp3) is 0.452. The minimum atomic E-state index is -1.33. The summed E-state index contributed by atoms with van der Waals surface area (Å²) in [5.41, 5.74) is 0.483. The smallest absolute Gasteiger partial charge is 0.338 e. The molecule has 8 atom stereocenters. The first-order valence-corrected chi connectivity index (χ1v) is 14.0. The number of rotatable bonds is 12. The van der Waals surface area contributed by atoms with Gasteiger partial charge in [-0.05, 0) is 24.3 Å². The number of methoxy groups -OCH3 is 1. The number of carbonyl (C=O) groups is 5. The Labute approximate surface area is 258 Å². The van der Waals surface area contributed by atoms with Gasteiger partial charge in [0.25, 0.3) is 0 Å². The molecule has 4 rings (SSSR count). The maximum atomic E-state index is 13.1. The quantitative estimate of drug-likeness (QED) is 0.246. The van der Waals surface area contributed by atoms with Crippen LogP contribution in [0.3, 0.4) is 0 Å². The molecule has 2 heterocycles. The lowest BCUT2D eigenvalue weighted by Crippen LogP contribution is -2.44. The Bertz CT molecular complexity index is 1330. The average Bonchev–Trinajstić information content (AvgIpc) is 3.51. The third-order valence-electron chi connectivity index (χ3n) is 6.75. The first-order chi connectivity index (χ1) is 21.6. The van der Waals surface area contributed by atoms with Gasteiger partial charge in [-0.1, -0.05) is 36.4 Å². The first kappa shape index (κ1) is 33.5. The highest BCUT2D eigenvalue weighted by Gasteiger charge is 2.53. The van der Waals surface area contributed by atoms with E-state index in [1.807, 2.05) is 0 Å². The zero-order valence-corrected chi connectivity index (χ0v) is 25.0. The number of hydrogen-bond donors (Lipinski definition) is 0. The number of carbonyl (C=O) groups excluding carboxylic acids is 5. The summed E-state index contributed by atoms with van der Waals surface area (Å²) in [7, 11) is 1.33. The Kier molecular flexibility index (Phi) is 11.6. The van der Waals surface area contributed by atoms with E-state index < -0.39 is 79.1 Å². The Morgan fingerprint density at radius 2 is 1.02 bits per heavy atom. The van der Waals surface area contributed by atoms with Crippen molar-refractivity contribution < 1.29 is 66.6 Å². The highest BCUT2D eigenvalue weighted by atomic mass is 16.8. The van der Waals surface area contributed by atoms with Crippen LogP contribution in [-0.4, -0.2) is 99.4 Å². The van der Waals surface area contributed by atoms with E-state index in [9.17, 15) is 24.0 Å². The molecule has 0 saturated carbocycles. The molecule has 0 aromatic heterocycles. The molecule has 0 amide bonds. The van der Waals surface area contributed by atoms with Crippen LogP contribution in [0.5, 0.6) is 0 Å². The predicted octanol–water partition coefficient (Wildman–Crippen LogP) is 1.98. The SMILES string of the molecule is CO[C@H]1O[C@H](CO[C@H]2O[C@H](COC(C)=O)[C@@H](OC(C)=O)[C@@H]2OC(C)=O)[C@@H](OC(=O)c2ccccc2)[C@@H]1OC(=O)c1ccccc1. The molecule has 2 aliphatic rings. The molecule has 242 valence electrons. The second kappa shape index (κ2) is 15.6. The average molecular weight is 631 g/mol. The summed E-state index contributed by atoms with van der Waals surface area (Å²) in [4.78, 5) is 61.4. The molecule has 14 nitrogen and oxygen atoms in total. The summed E-state index contributed by atoms with van der Waals surface area (Å²) in [5.74, 6) is -3.47. The summed E-state index contributed by atoms with van der Waals surface area (Å²) in [6, 6.07) is 16.3. The minimum absolute atomic E-state index is 0.234. The zero-order chi connectivity index (χ0) is 32.5. The van der Waals surface area contributed by atoms with Gasteiger partial charge < -0.3 is 42.6 Å². The van der Waals surface area contributed by atoms with E-state index in [1.165, 1.54) is 14.0 Å². The highest BCUT2D eigenvalue weighted by molar-refractivity contribution is 5.90. The summed E-state index contributed by atoms with van der Waals surface area (Å²) in [5, 5.41) is 0. The van der Waals surface area contributed by atoms with Gasteiger partial charge in [0.05, 0.1) is 17.7 Å². The molecular weight excluding hydrogens is 596 g/mol. The lowest BCUT2D eigenvalue weighted by atomic mass is 10.1. The van der Waals surface area contributed by atoms with Gasteiger partial charge in [-0.2, -0.15) is 0 Å². The molecule has 2 saturated heterocycles. The van der Waals surface area contributed by atoms with Gasteiger partial charge in [0, 0.05) is 27.9 Å². The lowest BCUT2D eigenvalue weighted by Gasteiger charge is -2.26. The van der Waals surface area contributed by atoms with E-state index in [0.29, 0.717) is 0 Å². The molecule has 2 fully saturated rings. The second-order valence-corrected chi connectivity index (χ2v) is 10.1. The van der Waals surface area contributed by atoms with E-state index in [1.54, 1.807) is 60.7 Å². The standard InChI is InChI=1S/C31H34O14/c1-17(32)38-15-22-24(40-18(2)33)27(41-19(3)34)31(43-22)39-16-23-25(44-28(35)20-11-7-5-8-12-20)26(30(37-4)42-23)45-29(36)21-13-9-6-10-14-21/h5-14,22-27,30-31H,15-16H2,1-4H3/t22-,23-,24-,25-,26+,27+,30+,31+/m1/s1. The molecule has 2 aromatic rings. The van der Waals surface area contributed by atoms with E-state index >= 15 is 0 Å². The second-order valence-electron chi connectivity index (χ2n) is 10.1. The van der Waals surface area contributed by atoms with Crippen molar-refractivity contribution in [2.24, 2.45) is 0 Å². The van der Waals surface area contributed by atoms with Crippen molar-refractivity contribution in [3.8, 4) is 0 Å². The van der Waals surface area contributed by atoms with Crippen molar-refractivity contribution in [2.45, 2.75) is 70.0 Å². The van der Waals surface area contributed by atoms with E-state index in [4.69, 9.17) is 42.6 Å². The number of ether oxygens (including phenoxy) is 9. The van der Waals surface area contributed by atoms with Crippen molar-refractivity contribution in [1.29, 1.82) is 0 Å². The van der Waals surface area contributed by atoms with Crippen molar-refractivity contribution in [2.75, 3.05) is 20.3 Å². The molecule has 2 aromatic carbocycles. The molecule has 0 aliphatic carbocycles. The van der Waals surface area contributed by atoms with Crippen molar-refractivity contribution in [3.05, 3.63) is 71.8 Å². The molecule has 14 heteroatoms. The van der Waals surface area contributed by atoms with Crippen molar-refractivity contribution in [1.82, 2.24) is 0 Å². The Balaban J connectivity index is 1.57. The lowest BCUT2D eigenvalue weighted by molar-refractivity contribution is -0.209. The van der Waals surface area contributed by atoms with Crippen LogP contribution in [0, 0.1) is 0 Å². The van der Waals surface area contributed by atoms with Gasteiger partial charge in [0.2, 0.25) is 0 Å². The molecule has 45 heavy (non-hydrogen) atoms. The fourth-order valence-electron chi connectivity index (χ4n) is 4.81. The molecule has 0 N–H and O–H groups in total. The fourth-order valence-corrected chi connectivity index (χ4v) is 4.81.